The molecule has 156 valence electrons. The van der Waals surface area contributed by atoms with Crippen molar-refractivity contribution in [3.05, 3.63) is 54.1 Å². The number of hydrogen-bond acceptors (Lipinski definition) is 6. The van der Waals surface area contributed by atoms with Crippen molar-refractivity contribution in [1.29, 1.82) is 0 Å². The molecule has 0 aliphatic carbocycles. The van der Waals surface area contributed by atoms with Crippen LogP contribution in [-0.4, -0.2) is 42.6 Å². The van der Waals surface area contributed by atoms with Gasteiger partial charge in [0.25, 0.3) is 0 Å². The van der Waals surface area contributed by atoms with Crippen LogP contribution < -0.4 is 16.0 Å². The van der Waals surface area contributed by atoms with Crippen LogP contribution in [-0.2, 0) is 30.3 Å². The molecule has 3 amide bonds. The van der Waals surface area contributed by atoms with E-state index in [1.165, 1.54) is 18.9 Å². The summed E-state index contributed by atoms with van der Waals surface area (Å²) in [5, 5.41) is 7.55. The highest BCUT2D eigenvalue weighted by atomic mass is 32.2. The Balaban J connectivity index is 1.49. The zero-order chi connectivity index (χ0) is 21.5. The summed E-state index contributed by atoms with van der Waals surface area (Å²) < 4.78 is 4.46. The van der Waals surface area contributed by atoms with E-state index in [-0.39, 0.29) is 37.1 Å². The zero-order valence-electron chi connectivity index (χ0n) is 16.3. The molecule has 3 rings (SSSR count). The summed E-state index contributed by atoms with van der Waals surface area (Å²) in [5.74, 6) is -1.29. The maximum absolute atomic E-state index is 12.4. The Morgan fingerprint density at radius 3 is 2.53 bits per heavy atom. The van der Waals surface area contributed by atoms with Crippen LogP contribution in [0.15, 0.2) is 53.4 Å². The number of fused-ring (bicyclic) bond motifs is 1. The monoisotopic (exact) mass is 427 g/mol. The number of thioether (sulfide) groups is 1. The third kappa shape index (κ3) is 5.84. The Kier molecular flexibility index (Phi) is 7.08. The van der Waals surface area contributed by atoms with Gasteiger partial charge in [0.1, 0.15) is 6.54 Å². The molecule has 2 aromatic carbocycles. The number of rotatable bonds is 7. The van der Waals surface area contributed by atoms with Gasteiger partial charge in [-0.05, 0) is 29.8 Å². The second-order valence-corrected chi connectivity index (χ2v) is 7.82. The smallest absolute Gasteiger partial charge is 0.325 e. The highest BCUT2D eigenvalue weighted by Crippen LogP contribution is 2.36. The largest absolute Gasteiger partial charge is 0.468 e. The first-order valence-electron chi connectivity index (χ1n) is 9.23. The van der Waals surface area contributed by atoms with Crippen molar-refractivity contribution in [1.82, 2.24) is 5.32 Å². The average molecular weight is 427 g/mol. The van der Waals surface area contributed by atoms with Crippen molar-refractivity contribution >= 4 is 46.8 Å². The number of anilines is 2. The van der Waals surface area contributed by atoms with Gasteiger partial charge in [0.2, 0.25) is 17.7 Å². The third-order valence-electron chi connectivity index (χ3n) is 4.34. The first-order chi connectivity index (χ1) is 14.4. The van der Waals surface area contributed by atoms with Crippen LogP contribution in [0.25, 0.3) is 0 Å². The molecule has 1 atom stereocenters. The first kappa shape index (κ1) is 21.4. The number of carbonyl (C=O) groups excluding carboxylic acids is 4. The Morgan fingerprint density at radius 1 is 1.07 bits per heavy atom. The number of hydrogen-bond donors (Lipinski definition) is 3. The van der Waals surface area contributed by atoms with Crippen LogP contribution in [0.4, 0.5) is 11.4 Å². The molecule has 0 radical (unpaired) electrons. The summed E-state index contributed by atoms with van der Waals surface area (Å²) in [6, 6.07) is 14.3. The average Bonchev–Trinajstić information content (AvgIpc) is 2.74. The Hall–Kier alpha value is -3.33. The molecule has 2 aromatic rings. The summed E-state index contributed by atoms with van der Waals surface area (Å²) in [6.07, 6.45) is 0.145. The van der Waals surface area contributed by atoms with Crippen molar-refractivity contribution in [3.8, 4) is 0 Å². The minimum Gasteiger partial charge on any atom is -0.468 e. The molecule has 3 N–H and O–H groups in total. The lowest BCUT2D eigenvalue weighted by Gasteiger charge is -2.23. The molecule has 0 saturated carbocycles. The zero-order valence-corrected chi connectivity index (χ0v) is 17.1. The summed E-state index contributed by atoms with van der Waals surface area (Å²) >= 11 is 1.37. The fraction of sp³-hybridized carbons (Fsp3) is 0.238. The predicted molar refractivity (Wildman–Crippen MR) is 113 cm³/mol. The van der Waals surface area contributed by atoms with Crippen molar-refractivity contribution in [2.75, 3.05) is 24.3 Å². The van der Waals surface area contributed by atoms with Crippen LogP contribution >= 0.6 is 11.8 Å². The van der Waals surface area contributed by atoms with Gasteiger partial charge < -0.3 is 20.7 Å². The Morgan fingerprint density at radius 2 is 1.80 bits per heavy atom. The van der Waals surface area contributed by atoms with E-state index in [9.17, 15) is 19.2 Å². The van der Waals surface area contributed by atoms with E-state index < -0.39 is 11.2 Å². The van der Waals surface area contributed by atoms with Gasteiger partial charge in [0, 0.05) is 17.0 Å². The van der Waals surface area contributed by atoms with E-state index in [1.807, 2.05) is 24.3 Å². The number of methoxy groups -OCH3 is 1. The van der Waals surface area contributed by atoms with Gasteiger partial charge in [-0.2, -0.15) is 0 Å². The number of carbonyl (C=O) groups is 4. The number of ether oxygens (including phenoxy) is 1. The molecule has 30 heavy (non-hydrogen) atoms. The van der Waals surface area contributed by atoms with Gasteiger partial charge in [-0.25, -0.2) is 0 Å². The molecule has 8 nitrogen and oxygen atoms in total. The molecule has 1 aliphatic heterocycles. The Labute approximate surface area is 177 Å². The summed E-state index contributed by atoms with van der Waals surface area (Å²) in [7, 11) is 1.25. The minimum atomic E-state index is -0.519. The molecule has 0 saturated heterocycles. The van der Waals surface area contributed by atoms with Crippen LogP contribution in [0.5, 0.6) is 0 Å². The molecular formula is C21H21N3O5S. The standard InChI is InChI=1S/C21H21N3O5S/c1-29-20(27)12-22-18(25)10-13-6-8-14(9-7-13)23-19(26)11-17-21(28)24-15-4-2-3-5-16(15)30-17/h2-9,17H,10-12H2,1H3,(H,22,25)(H,23,26)(H,24,28). The highest BCUT2D eigenvalue weighted by Gasteiger charge is 2.28. The number of benzene rings is 2. The topological polar surface area (TPSA) is 114 Å². The summed E-state index contributed by atoms with van der Waals surface area (Å²) in [4.78, 5) is 48.4. The number of nitrogens with one attached hydrogen (secondary N) is 3. The molecule has 9 heteroatoms. The quantitative estimate of drug-likeness (QED) is 0.582. The maximum Gasteiger partial charge on any atom is 0.325 e. The molecule has 1 heterocycles. The van der Waals surface area contributed by atoms with E-state index in [0.717, 1.165) is 16.1 Å². The van der Waals surface area contributed by atoms with Crippen LogP contribution in [0.2, 0.25) is 0 Å². The lowest BCUT2D eigenvalue weighted by atomic mass is 10.1. The SMILES string of the molecule is COC(=O)CNC(=O)Cc1ccc(NC(=O)CC2Sc3ccccc3NC2=O)cc1. The maximum atomic E-state index is 12.4. The van der Waals surface area contributed by atoms with E-state index in [4.69, 9.17) is 0 Å². The summed E-state index contributed by atoms with van der Waals surface area (Å²) in [5.41, 5.74) is 2.06. The first-order valence-corrected chi connectivity index (χ1v) is 10.1. The van der Waals surface area contributed by atoms with Crippen molar-refractivity contribution in [3.63, 3.8) is 0 Å². The second-order valence-electron chi connectivity index (χ2n) is 6.57. The van der Waals surface area contributed by atoms with Gasteiger partial charge >= 0.3 is 5.97 Å². The van der Waals surface area contributed by atoms with Gasteiger partial charge in [-0.3, -0.25) is 19.2 Å². The molecule has 0 spiro atoms. The van der Waals surface area contributed by atoms with Crippen LogP contribution in [0, 0.1) is 0 Å². The van der Waals surface area contributed by atoms with Gasteiger partial charge in [-0.1, -0.05) is 24.3 Å². The number of esters is 1. The number of amides is 3. The fourth-order valence-corrected chi connectivity index (χ4v) is 3.91. The van der Waals surface area contributed by atoms with Crippen molar-refractivity contribution in [2.45, 2.75) is 23.0 Å². The molecule has 0 bridgehead atoms. The molecule has 0 fully saturated rings. The van der Waals surface area contributed by atoms with Gasteiger partial charge in [-0.15, -0.1) is 11.8 Å². The van der Waals surface area contributed by atoms with E-state index in [2.05, 4.69) is 20.7 Å². The van der Waals surface area contributed by atoms with E-state index in [1.54, 1.807) is 24.3 Å². The molecule has 1 aliphatic rings. The predicted octanol–water partition coefficient (Wildman–Crippen LogP) is 1.96. The van der Waals surface area contributed by atoms with Crippen molar-refractivity contribution < 1.29 is 23.9 Å². The highest BCUT2D eigenvalue weighted by molar-refractivity contribution is 8.01. The lowest BCUT2D eigenvalue weighted by molar-refractivity contribution is -0.141. The Bertz CT molecular complexity index is 961. The normalized spacial score (nSPS) is 14.8. The van der Waals surface area contributed by atoms with Crippen LogP contribution in [0.3, 0.4) is 0 Å². The number of para-hydroxylation sites is 1. The third-order valence-corrected chi connectivity index (χ3v) is 5.61. The van der Waals surface area contributed by atoms with E-state index >= 15 is 0 Å². The summed E-state index contributed by atoms with van der Waals surface area (Å²) in [6.45, 7) is -0.180. The minimum absolute atomic E-state index is 0.0442. The molecular weight excluding hydrogens is 406 g/mol. The van der Waals surface area contributed by atoms with Gasteiger partial charge in [0.15, 0.2) is 0 Å². The second kappa shape index (κ2) is 9.93. The molecule has 1 unspecified atom stereocenters. The fourth-order valence-electron chi connectivity index (χ4n) is 2.80. The lowest BCUT2D eigenvalue weighted by Crippen LogP contribution is -2.32. The van der Waals surface area contributed by atoms with Gasteiger partial charge in [0.05, 0.1) is 24.5 Å². The van der Waals surface area contributed by atoms with E-state index in [0.29, 0.717) is 5.69 Å². The van der Waals surface area contributed by atoms with Crippen molar-refractivity contribution in [2.24, 2.45) is 0 Å². The molecule has 0 aromatic heterocycles. The van der Waals surface area contributed by atoms with Crippen LogP contribution in [0.1, 0.15) is 12.0 Å².